The summed E-state index contributed by atoms with van der Waals surface area (Å²) in [5.74, 6) is 8.44. The van der Waals surface area contributed by atoms with E-state index in [9.17, 15) is 0 Å². The summed E-state index contributed by atoms with van der Waals surface area (Å²) in [7, 11) is 0. The molecule has 2 nitrogen and oxygen atoms in total. The van der Waals surface area contributed by atoms with E-state index in [-0.39, 0.29) is 11.9 Å². The van der Waals surface area contributed by atoms with Gasteiger partial charge in [-0.15, -0.1) is 0 Å². The standard InChI is InChI=1S/C31H48O2/c1-19(2)29(20(3)4)22-9-12-26(13-10-22)32-30(28-14-11-21-7-5-6-8-27(21)28)33-31-17-23-15-25(31)16-24(23)18-31/h9,12,19-21,23-25,27-30H,5-8,10-11,13-18H2,1-4H3. The van der Waals surface area contributed by atoms with E-state index in [0.717, 1.165) is 42.4 Å². The quantitative estimate of drug-likeness (QED) is 0.345. The minimum Gasteiger partial charge on any atom is -0.469 e. The number of rotatable bonds is 8. The van der Waals surface area contributed by atoms with Gasteiger partial charge in [-0.25, -0.2) is 0 Å². The molecule has 0 heterocycles. The molecule has 0 radical (unpaired) electrons. The molecule has 7 rings (SSSR count). The predicted octanol–water partition coefficient (Wildman–Crippen LogP) is 8.28. The van der Waals surface area contributed by atoms with Gasteiger partial charge in [0.25, 0.3) is 0 Å². The van der Waals surface area contributed by atoms with E-state index in [2.05, 4.69) is 39.8 Å². The molecular weight excluding hydrogens is 404 g/mol. The minimum atomic E-state index is 0.00314. The normalized spacial score (nSPS) is 42.4. The Kier molecular flexibility index (Phi) is 5.99. The van der Waals surface area contributed by atoms with Gasteiger partial charge in [0.05, 0.1) is 11.4 Å². The predicted molar refractivity (Wildman–Crippen MR) is 134 cm³/mol. The lowest BCUT2D eigenvalue weighted by molar-refractivity contribution is -0.229. The van der Waals surface area contributed by atoms with E-state index in [0.29, 0.717) is 23.7 Å². The van der Waals surface area contributed by atoms with Crippen molar-refractivity contribution in [2.75, 3.05) is 0 Å². The molecule has 6 saturated carbocycles. The van der Waals surface area contributed by atoms with Crippen molar-refractivity contribution in [1.82, 2.24) is 0 Å². The van der Waals surface area contributed by atoms with Crippen molar-refractivity contribution >= 4 is 0 Å². The molecule has 7 aliphatic carbocycles. The Morgan fingerprint density at radius 2 is 1.55 bits per heavy atom. The van der Waals surface area contributed by atoms with E-state index in [1.54, 1.807) is 5.57 Å². The van der Waals surface area contributed by atoms with Crippen LogP contribution >= 0.6 is 0 Å². The van der Waals surface area contributed by atoms with Crippen LogP contribution in [-0.2, 0) is 9.47 Å². The molecular formula is C31H48O2. The van der Waals surface area contributed by atoms with Gasteiger partial charge >= 0.3 is 0 Å². The second kappa shape index (κ2) is 8.72. The fraction of sp³-hybridized carbons (Fsp3) is 0.871. The number of hydrogen-bond acceptors (Lipinski definition) is 2. The summed E-state index contributed by atoms with van der Waals surface area (Å²) >= 11 is 0. The monoisotopic (exact) mass is 452 g/mol. The number of fused-ring (bicyclic) bond motifs is 1. The van der Waals surface area contributed by atoms with E-state index in [4.69, 9.17) is 9.47 Å². The van der Waals surface area contributed by atoms with Crippen molar-refractivity contribution in [2.45, 2.75) is 117 Å². The Morgan fingerprint density at radius 3 is 2.15 bits per heavy atom. The van der Waals surface area contributed by atoms with Crippen LogP contribution in [-0.4, -0.2) is 11.9 Å². The number of ether oxygens (including phenoxy) is 2. The first kappa shape index (κ1) is 22.7. The van der Waals surface area contributed by atoms with Gasteiger partial charge in [-0.2, -0.15) is 0 Å². The molecule has 0 aromatic carbocycles. The maximum absolute atomic E-state index is 7.25. The Morgan fingerprint density at radius 1 is 0.818 bits per heavy atom. The number of allylic oxidation sites excluding steroid dienone is 4. The van der Waals surface area contributed by atoms with Crippen LogP contribution in [0.2, 0.25) is 0 Å². The molecule has 6 fully saturated rings. The Balaban J connectivity index is 1.22. The summed E-state index contributed by atoms with van der Waals surface area (Å²) in [5.41, 5.74) is 1.80. The third kappa shape index (κ3) is 3.95. The molecule has 6 unspecified atom stereocenters. The van der Waals surface area contributed by atoms with E-state index in [1.807, 2.05) is 0 Å². The van der Waals surface area contributed by atoms with Gasteiger partial charge in [0.15, 0.2) is 0 Å². The van der Waals surface area contributed by atoms with Crippen molar-refractivity contribution in [3.05, 3.63) is 23.5 Å². The highest BCUT2D eigenvalue weighted by atomic mass is 16.7. The maximum atomic E-state index is 7.25. The van der Waals surface area contributed by atoms with Gasteiger partial charge in [0.1, 0.15) is 0 Å². The third-order valence-corrected chi connectivity index (χ3v) is 11.2. The summed E-state index contributed by atoms with van der Waals surface area (Å²) in [6.07, 6.45) is 21.0. The van der Waals surface area contributed by atoms with Crippen LogP contribution in [0.25, 0.3) is 0 Å². The van der Waals surface area contributed by atoms with Crippen LogP contribution in [0, 0.1) is 53.3 Å². The summed E-state index contributed by atoms with van der Waals surface area (Å²) in [5, 5.41) is 0. The molecule has 0 aromatic rings. The first-order valence-electron chi connectivity index (χ1n) is 14.7. The van der Waals surface area contributed by atoms with Crippen LogP contribution < -0.4 is 0 Å². The first-order valence-corrected chi connectivity index (χ1v) is 14.7. The Labute approximate surface area is 203 Å². The molecule has 0 spiro atoms. The van der Waals surface area contributed by atoms with Gasteiger partial charge in [-0.05, 0) is 105 Å². The lowest BCUT2D eigenvalue weighted by atomic mass is 9.77. The molecule has 33 heavy (non-hydrogen) atoms. The molecule has 0 aliphatic heterocycles. The molecule has 0 N–H and O–H groups in total. The zero-order chi connectivity index (χ0) is 22.7. The SMILES string of the molecule is CC(C)C(C1=CC=C(OC(OC23CC4CC2CC4C3)C2CCC3CCCCC32)CC1)C(C)C. The van der Waals surface area contributed by atoms with Crippen molar-refractivity contribution in [3.8, 4) is 0 Å². The summed E-state index contributed by atoms with van der Waals surface area (Å²) in [4.78, 5) is 0. The summed E-state index contributed by atoms with van der Waals surface area (Å²) < 4.78 is 14.2. The topological polar surface area (TPSA) is 18.5 Å². The van der Waals surface area contributed by atoms with Crippen molar-refractivity contribution in [2.24, 2.45) is 53.3 Å². The fourth-order valence-electron chi connectivity index (χ4n) is 9.97. The van der Waals surface area contributed by atoms with Crippen LogP contribution in [0.1, 0.15) is 105 Å². The molecule has 6 atom stereocenters. The summed E-state index contributed by atoms with van der Waals surface area (Å²) in [6, 6.07) is 0. The van der Waals surface area contributed by atoms with Gasteiger partial charge in [-0.3, -0.25) is 0 Å². The van der Waals surface area contributed by atoms with Gasteiger partial charge in [0, 0.05) is 12.3 Å². The highest BCUT2D eigenvalue weighted by Gasteiger charge is 2.65. The van der Waals surface area contributed by atoms with Crippen molar-refractivity contribution < 1.29 is 9.47 Å². The molecule has 4 bridgehead atoms. The van der Waals surface area contributed by atoms with Crippen molar-refractivity contribution in [1.29, 1.82) is 0 Å². The van der Waals surface area contributed by atoms with Crippen LogP contribution in [0.3, 0.4) is 0 Å². The molecule has 0 aromatic heterocycles. The van der Waals surface area contributed by atoms with Gasteiger partial charge in [0.2, 0.25) is 6.29 Å². The Bertz CT molecular complexity index is 769. The zero-order valence-electron chi connectivity index (χ0n) is 21.7. The lowest BCUT2D eigenvalue weighted by Crippen LogP contribution is -2.42. The second-order valence-electron chi connectivity index (χ2n) is 13.6. The second-order valence-corrected chi connectivity index (χ2v) is 13.6. The molecule has 0 saturated heterocycles. The Hall–Kier alpha value is -0.760. The van der Waals surface area contributed by atoms with Gasteiger partial charge in [-0.1, -0.05) is 58.6 Å². The average Bonchev–Trinajstić information content (AvgIpc) is 3.56. The molecule has 2 heteroatoms. The third-order valence-electron chi connectivity index (χ3n) is 11.2. The van der Waals surface area contributed by atoms with Crippen LogP contribution in [0.5, 0.6) is 0 Å². The first-order chi connectivity index (χ1) is 15.9. The molecule has 0 amide bonds. The van der Waals surface area contributed by atoms with E-state index < -0.39 is 0 Å². The van der Waals surface area contributed by atoms with E-state index in [1.165, 1.54) is 70.0 Å². The minimum absolute atomic E-state index is 0.00314. The molecule has 7 aliphatic rings. The fourth-order valence-corrected chi connectivity index (χ4v) is 9.97. The maximum Gasteiger partial charge on any atom is 0.203 e. The van der Waals surface area contributed by atoms with Crippen LogP contribution in [0.15, 0.2) is 23.5 Å². The van der Waals surface area contributed by atoms with Crippen LogP contribution in [0.4, 0.5) is 0 Å². The highest BCUT2D eigenvalue weighted by molar-refractivity contribution is 5.24. The summed E-state index contributed by atoms with van der Waals surface area (Å²) in [6.45, 7) is 9.53. The van der Waals surface area contributed by atoms with E-state index >= 15 is 0 Å². The highest BCUT2D eigenvalue weighted by Crippen LogP contribution is 2.67. The smallest absolute Gasteiger partial charge is 0.203 e. The number of hydrogen-bond donors (Lipinski definition) is 0. The zero-order valence-corrected chi connectivity index (χ0v) is 21.7. The van der Waals surface area contributed by atoms with Crippen molar-refractivity contribution in [3.63, 3.8) is 0 Å². The van der Waals surface area contributed by atoms with Gasteiger partial charge < -0.3 is 9.47 Å². The molecule has 184 valence electrons. The largest absolute Gasteiger partial charge is 0.469 e. The lowest BCUT2D eigenvalue weighted by Gasteiger charge is -2.40. The average molecular weight is 453 g/mol.